The van der Waals surface area contributed by atoms with Gasteiger partial charge in [0.25, 0.3) is 10.0 Å². The molecule has 5 heteroatoms. The second-order valence-corrected chi connectivity index (χ2v) is 9.46. The van der Waals surface area contributed by atoms with Gasteiger partial charge in [-0.3, -0.25) is 9.10 Å². The van der Waals surface area contributed by atoms with Gasteiger partial charge >= 0.3 is 0 Å². The number of benzene rings is 3. The summed E-state index contributed by atoms with van der Waals surface area (Å²) in [5, 5.41) is 0. The number of fused-ring (bicyclic) bond motifs is 3. The summed E-state index contributed by atoms with van der Waals surface area (Å²) in [6, 6.07) is 19.8. The van der Waals surface area contributed by atoms with Crippen molar-refractivity contribution in [2.45, 2.75) is 38.1 Å². The Hall–Kier alpha value is -2.92. The van der Waals surface area contributed by atoms with Crippen molar-refractivity contribution in [2.75, 3.05) is 4.31 Å². The zero-order chi connectivity index (χ0) is 20.8. The predicted molar refractivity (Wildman–Crippen MR) is 115 cm³/mol. The van der Waals surface area contributed by atoms with E-state index in [2.05, 4.69) is 0 Å². The second kappa shape index (κ2) is 7.16. The maximum atomic E-state index is 13.8. The van der Waals surface area contributed by atoms with Crippen molar-refractivity contribution in [2.24, 2.45) is 0 Å². The minimum atomic E-state index is -3.86. The number of rotatable bonds is 4. The lowest BCUT2D eigenvalue weighted by Gasteiger charge is -2.39. The minimum Gasteiger partial charge on any atom is -0.300 e. The van der Waals surface area contributed by atoms with E-state index in [1.54, 1.807) is 24.3 Å². The summed E-state index contributed by atoms with van der Waals surface area (Å²) in [6.07, 6.45) is 0.120. The van der Waals surface area contributed by atoms with Crippen LogP contribution in [0.25, 0.3) is 11.1 Å². The van der Waals surface area contributed by atoms with Crippen molar-refractivity contribution >= 4 is 21.5 Å². The maximum Gasteiger partial charge on any atom is 0.264 e. The number of aryl methyl sites for hydroxylation is 2. The van der Waals surface area contributed by atoms with Crippen molar-refractivity contribution in [3.8, 4) is 11.1 Å². The summed E-state index contributed by atoms with van der Waals surface area (Å²) < 4.78 is 29.0. The fourth-order valence-corrected chi connectivity index (χ4v) is 5.62. The summed E-state index contributed by atoms with van der Waals surface area (Å²) in [7, 11) is -3.86. The number of sulfonamides is 1. The van der Waals surface area contributed by atoms with Crippen LogP contribution in [0.2, 0.25) is 0 Å². The fraction of sp³-hybridized carbons (Fsp3) is 0.208. The number of carbonyl (C=O) groups excluding carboxylic acids is 1. The lowest BCUT2D eigenvalue weighted by molar-refractivity contribution is -0.117. The van der Waals surface area contributed by atoms with Gasteiger partial charge in [-0.05, 0) is 56.2 Å². The molecule has 148 valence electrons. The van der Waals surface area contributed by atoms with Crippen LogP contribution in [0, 0.1) is 13.8 Å². The van der Waals surface area contributed by atoms with Crippen molar-refractivity contribution in [3.05, 3.63) is 83.4 Å². The van der Waals surface area contributed by atoms with Crippen LogP contribution in [-0.4, -0.2) is 14.2 Å². The smallest absolute Gasteiger partial charge is 0.264 e. The molecule has 1 aliphatic rings. The first-order valence-electron chi connectivity index (χ1n) is 9.59. The SMILES string of the molecule is CC(=O)CC1c2ccccc2-c2cc(C)ccc2N1S(=O)(=O)c1ccc(C)cc1. The molecule has 4 nitrogen and oxygen atoms in total. The molecule has 0 fully saturated rings. The van der Waals surface area contributed by atoms with E-state index in [0.717, 1.165) is 27.8 Å². The standard InChI is InChI=1S/C24H23NO3S/c1-16-8-11-19(12-9-16)29(27,28)25-23-13-10-17(2)14-22(23)20-6-4-5-7-21(20)24(25)15-18(3)26/h4-14,24H,15H2,1-3H3. The Morgan fingerprint density at radius 3 is 2.24 bits per heavy atom. The molecule has 0 N–H and O–H groups in total. The third-order valence-electron chi connectivity index (χ3n) is 5.34. The van der Waals surface area contributed by atoms with Gasteiger partial charge in [0.2, 0.25) is 0 Å². The molecule has 0 saturated carbocycles. The quantitative estimate of drug-likeness (QED) is 0.599. The Morgan fingerprint density at radius 1 is 0.897 bits per heavy atom. The monoisotopic (exact) mass is 405 g/mol. The fourth-order valence-electron chi connectivity index (χ4n) is 3.97. The molecule has 1 aliphatic heterocycles. The van der Waals surface area contributed by atoms with Gasteiger partial charge in [0.1, 0.15) is 5.78 Å². The van der Waals surface area contributed by atoms with Gasteiger partial charge < -0.3 is 0 Å². The molecule has 3 aromatic carbocycles. The molecule has 0 aromatic heterocycles. The predicted octanol–water partition coefficient (Wildman–Crippen LogP) is 5.20. The summed E-state index contributed by atoms with van der Waals surface area (Å²) in [6.45, 7) is 5.41. The number of anilines is 1. The van der Waals surface area contributed by atoms with Gasteiger partial charge in [-0.2, -0.15) is 0 Å². The Morgan fingerprint density at radius 2 is 1.55 bits per heavy atom. The molecular weight excluding hydrogens is 382 g/mol. The Bertz CT molecular complexity index is 1200. The second-order valence-electron chi connectivity index (χ2n) is 7.64. The first-order valence-corrected chi connectivity index (χ1v) is 11.0. The molecule has 4 rings (SSSR count). The van der Waals surface area contributed by atoms with Crippen LogP contribution in [0.3, 0.4) is 0 Å². The number of hydrogen-bond donors (Lipinski definition) is 0. The van der Waals surface area contributed by atoms with Gasteiger partial charge in [0.05, 0.1) is 16.6 Å². The third-order valence-corrected chi connectivity index (χ3v) is 7.18. The highest BCUT2D eigenvalue weighted by molar-refractivity contribution is 7.92. The van der Waals surface area contributed by atoms with Crippen LogP contribution < -0.4 is 4.31 Å². The van der Waals surface area contributed by atoms with Crippen LogP contribution in [-0.2, 0) is 14.8 Å². The molecule has 0 saturated heterocycles. The van der Waals surface area contributed by atoms with Crippen molar-refractivity contribution < 1.29 is 13.2 Å². The van der Waals surface area contributed by atoms with Gasteiger partial charge in [-0.25, -0.2) is 8.42 Å². The van der Waals surface area contributed by atoms with Gasteiger partial charge in [-0.15, -0.1) is 0 Å². The normalized spacial score (nSPS) is 15.6. The summed E-state index contributed by atoms with van der Waals surface area (Å²) in [5.74, 6) is -0.0514. The average Bonchev–Trinajstić information content (AvgIpc) is 2.68. The van der Waals surface area contributed by atoms with Crippen LogP contribution in [0.1, 0.15) is 36.1 Å². The zero-order valence-corrected chi connectivity index (χ0v) is 17.5. The largest absolute Gasteiger partial charge is 0.300 e. The van der Waals surface area contributed by atoms with E-state index in [-0.39, 0.29) is 17.1 Å². The van der Waals surface area contributed by atoms with Gasteiger partial charge in [-0.1, -0.05) is 53.6 Å². The molecule has 0 aliphatic carbocycles. The third kappa shape index (κ3) is 3.36. The molecule has 1 unspecified atom stereocenters. The van der Waals surface area contributed by atoms with Crippen molar-refractivity contribution in [1.82, 2.24) is 0 Å². The van der Waals surface area contributed by atoms with Gasteiger partial charge in [0, 0.05) is 12.0 Å². The summed E-state index contributed by atoms with van der Waals surface area (Å²) in [5.41, 5.74) is 5.36. The van der Waals surface area contributed by atoms with Crippen molar-refractivity contribution in [1.29, 1.82) is 0 Å². The van der Waals surface area contributed by atoms with Crippen molar-refractivity contribution in [3.63, 3.8) is 0 Å². The zero-order valence-electron chi connectivity index (χ0n) is 16.7. The van der Waals surface area contributed by atoms with E-state index in [9.17, 15) is 13.2 Å². The molecule has 0 bridgehead atoms. The molecule has 0 spiro atoms. The molecule has 29 heavy (non-hydrogen) atoms. The molecule has 0 radical (unpaired) electrons. The molecule has 1 atom stereocenters. The first kappa shape index (κ1) is 19.4. The van der Waals surface area contributed by atoms with E-state index in [0.29, 0.717) is 5.69 Å². The average molecular weight is 406 g/mol. The minimum absolute atomic E-state index is 0.0514. The molecule has 3 aromatic rings. The van der Waals surface area contributed by atoms with Crippen LogP contribution >= 0.6 is 0 Å². The van der Waals surface area contributed by atoms with E-state index >= 15 is 0 Å². The van der Waals surface area contributed by atoms with E-state index in [1.165, 1.54) is 11.2 Å². The lowest BCUT2D eigenvalue weighted by atomic mass is 9.87. The highest BCUT2D eigenvalue weighted by atomic mass is 32.2. The highest BCUT2D eigenvalue weighted by Gasteiger charge is 2.39. The van der Waals surface area contributed by atoms with E-state index < -0.39 is 16.1 Å². The number of Topliss-reactive ketones (excluding diaryl/α,β-unsaturated/α-hetero) is 1. The first-order chi connectivity index (χ1) is 13.8. The number of carbonyl (C=O) groups is 1. The summed E-state index contributed by atoms with van der Waals surface area (Å²) in [4.78, 5) is 12.3. The molecule has 1 heterocycles. The van der Waals surface area contributed by atoms with Crippen LogP contribution in [0.15, 0.2) is 71.6 Å². The van der Waals surface area contributed by atoms with Crippen LogP contribution in [0.5, 0.6) is 0 Å². The Labute approximate surface area is 171 Å². The van der Waals surface area contributed by atoms with E-state index in [1.807, 2.05) is 56.3 Å². The van der Waals surface area contributed by atoms with Gasteiger partial charge in [0.15, 0.2) is 0 Å². The number of nitrogens with zero attached hydrogens (tertiary/aromatic N) is 1. The Balaban J connectivity index is 2.00. The molecule has 0 amide bonds. The topological polar surface area (TPSA) is 54.5 Å². The van der Waals surface area contributed by atoms with Crippen LogP contribution in [0.4, 0.5) is 5.69 Å². The van der Waals surface area contributed by atoms with E-state index in [4.69, 9.17) is 0 Å². The maximum absolute atomic E-state index is 13.8. The summed E-state index contributed by atoms with van der Waals surface area (Å²) >= 11 is 0. The molecular formula is C24H23NO3S. The number of hydrogen-bond acceptors (Lipinski definition) is 3. The Kier molecular flexibility index (Phi) is 4.79. The lowest BCUT2D eigenvalue weighted by Crippen LogP contribution is -2.38. The highest BCUT2D eigenvalue weighted by Crippen LogP contribution is 2.48. The number of ketones is 1.